The average molecular weight is 476 g/mol. The van der Waals surface area contributed by atoms with Crippen molar-refractivity contribution in [3.63, 3.8) is 0 Å². The van der Waals surface area contributed by atoms with Gasteiger partial charge in [0, 0.05) is 36.5 Å². The molecule has 7 nitrogen and oxygen atoms in total. The highest BCUT2D eigenvalue weighted by atomic mass is 31.1. The van der Waals surface area contributed by atoms with Crippen LogP contribution in [0, 0.1) is 11.6 Å². The van der Waals surface area contributed by atoms with Crippen molar-refractivity contribution in [3.05, 3.63) is 58.9 Å². The maximum Gasteiger partial charge on any atom is 0.227 e. The van der Waals surface area contributed by atoms with Crippen molar-refractivity contribution in [1.82, 2.24) is 14.9 Å². The molecule has 2 aliphatic rings. The van der Waals surface area contributed by atoms with Gasteiger partial charge in [0.15, 0.2) is 28.9 Å². The van der Waals surface area contributed by atoms with Crippen molar-refractivity contribution in [2.24, 2.45) is 0 Å². The van der Waals surface area contributed by atoms with Crippen LogP contribution in [-0.4, -0.2) is 48.3 Å². The van der Waals surface area contributed by atoms with E-state index in [1.165, 1.54) is 51.3 Å². The van der Waals surface area contributed by atoms with Crippen LogP contribution < -0.4 is 19.5 Å². The number of nitrogens with zero attached hydrogens (tertiary/aromatic N) is 3. The number of ether oxygens (including phenoxy) is 3. The number of hydrogen-bond acceptors (Lipinski definition) is 7. The van der Waals surface area contributed by atoms with Gasteiger partial charge in [-0.1, -0.05) is 8.58 Å². The van der Waals surface area contributed by atoms with Gasteiger partial charge in [-0.25, -0.2) is 18.7 Å². The van der Waals surface area contributed by atoms with Crippen LogP contribution in [-0.2, 0) is 6.61 Å². The summed E-state index contributed by atoms with van der Waals surface area (Å²) in [5.41, 5.74) is 2.17. The molecule has 1 atom stereocenters. The molecule has 3 heterocycles. The molecule has 2 aliphatic heterocycles. The predicted molar refractivity (Wildman–Crippen MR) is 124 cm³/mol. The molecule has 176 valence electrons. The summed E-state index contributed by atoms with van der Waals surface area (Å²) in [7, 11) is 3.31. The number of likely N-dealkylation sites (tertiary alicyclic amines) is 1. The first-order valence-corrected chi connectivity index (χ1v) is 12.0. The zero-order valence-electron chi connectivity index (χ0n) is 18.7. The molecule has 4 rings (SSSR count). The molecule has 10 heteroatoms. The zero-order chi connectivity index (χ0) is 23.2. The van der Waals surface area contributed by atoms with Gasteiger partial charge in [0.1, 0.15) is 6.61 Å². The van der Waals surface area contributed by atoms with Crippen molar-refractivity contribution >= 4 is 14.5 Å². The fourth-order valence-electron chi connectivity index (χ4n) is 3.74. The summed E-state index contributed by atoms with van der Waals surface area (Å²) in [5.74, 6) is -1.20. The van der Waals surface area contributed by atoms with Crippen LogP contribution in [0.2, 0.25) is 0 Å². The van der Waals surface area contributed by atoms with E-state index < -0.39 is 11.6 Å². The molecule has 0 bridgehead atoms. The van der Waals surface area contributed by atoms with E-state index in [2.05, 4.69) is 32.3 Å². The third-order valence-corrected chi connectivity index (χ3v) is 6.95. The Bertz CT molecular complexity index is 1010. The van der Waals surface area contributed by atoms with Crippen molar-refractivity contribution in [2.45, 2.75) is 25.9 Å². The molecule has 1 aromatic heterocycles. The number of rotatable bonds is 8. The average Bonchev–Trinajstić information content (AvgIpc) is 2.86. The van der Waals surface area contributed by atoms with Crippen LogP contribution in [0.25, 0.3) is 0 Å². The van der Waals surface area contributed by atoms with Crippen LogP contribution >= 0.6 is 8.58 Å². The number of piperidine rings is 1. The van der Waals surface area contributed by atoms with Crippen LogP contribution in [0.3, 0.4) is 0 Å². The van der Waals surface area contributed by atoms with Gasteiger partial charge in [0.25, 0.3) is 0 Å². The second-order valence-electron chi connectivity index (χ2n) is 7.69. The Hall–Kier alpha value is -2.93. The molecular weight excluding hydrogens is 449 g/mol. The summed E-state index contributed by atoms with van der Waals surface area (Å²) < 4.78 is 44.3. The number of nitrogens with one attached hydrogen (secondary N) is 1. The van der Waals surface area contributed by atoms with Gasteiger partial charge in [0.05, 0.1) is 32.2 Å². The first-order chi connectivity index (χ1) is 16.1. The summed E-state index contributed by atoms with van der Waals surface area (Å²) in [6.07, 6.45) is 12.0. The highest BCUT2D eigenvalue weighted by Crippen LogP contribution is 2.35. The van der Waals surface area contributed by atoms with Crippen molar-refractivity contribution in [2.75, 3.05) is 38.8 Å². The van der Waals surface area contributed by atoms with Gasteiger partial charge in [-0.2, -0.15) is 0 Å². The summed E-state index contributed by atoms with van der Waals surface area (Å²) in [6.45, 7) is 1.93. The topological polar surface area (TPSA) is 68.7 Å². The largest absolute Gasteiger partial charge is 0.494 e. The lowest BCUT2D eigenvalue weighted by Crippen LogP contribution is -2.28. The second-order valence-corrected chi connectivity index (χ2v) is 8.91. The van der Waals surface area contributed by atoms with E-state index in [9.17, 15) is 8.78 Å². The van der Waals surface area contributed by atoms with Crippen LogP contribution in [0.5, 0.6) is 17.2 Å². The molecule has 33 heavy (non-hydrogen) atoms. The SMILES string of the molecule is COc1cc(OC)c(F)c(COc2cnc(NC3=CC=C(N4CCCCC4)PC3)nc2)c1F. The lowest BCUT2D eigenvalue weighted by atomic mass is 10.1. The zero-order valence-corrected chi connectivity index (χ0v) is 19.7. The smallest absolute Gasteiger partial charge is 0.227 e. The minimum atomic E-state index is -0.836. The van der Waals surface area contributed by atoms with Crippen molar-refractivity contribution in [1.29, 1.82) is 0 Å². The van der Waals surface area contributed by atoms with E-state index in [0.717, 1.165) is 31.0 Å². The minimum Gasteiger partial charge on any atom is -0.494 e. The molecule has 0 radical (unpaired) electrons. The normalized spacial score (nSPS) is 16.8. The molecule has 1 N–H and O–H groups in total. The molecule has 0 amide bonds. The third-order valence-electron chi connectivity index (χ3n) is 5.55. The van der Waals surface area contributed by atoms with Crippen LogP contribution in [0.15, 0.2) is 41.7 Å². The summed E-state index contributed by atoms with van der Waals surface area (Å²) >= 11 is 0. The standard InChI is InChI=1S/C23H27F2N4O3P/c1-30-18-10-19(31-2)22(25)17(21(18)24)13-32-16-11-26-23(27-12-16)28-15-6-7-20(33-14-15)29-8-4-3-5-9-29/h6-7,10-12,33H,3-5,8-9,13-14H2,1-2H3,(H,26,27,28). The van der Waals surface area contributed by atoms with Gasteiger partial charge in [-0.3, -0.25) is 0 Å². The monoisotopic (exact) mass is 476 g/mol. The van der Waals surface area contributed by atoms with Gasteiger partial charge >= 0.3 is 0 Å². The molecule has 1 aromatic carbocycles. The number of allylic oxidation sites excluding steroid dienone is 3. The minimum absolute atomic E-state index is 0.124. The van der Waals surface area contributed by atoms with E-state index in [-0.39, 0.29) is 29.4 Å². The van der Waals surface area contributed by atoms with Crippen molar-refractivity contribution in [3.8, 4) is 17.2 Å². The Balaban J connectivity index is 1.37. The molecule has 0 aliphatic carbocycles. The summed E-state index contributed by atoms with van der Waals surface area (Å²) in [6, 6.07) is 1.16. The van der Waals surface area contributed by atoms with Gasteiger partial charge in [-0.05, 0) is 31.4 Å². The van der Waals surface area contributed by atoms with E-state index >= 15 is 0 Å². The molecule has 0 saturated carbocycles. The highest BCUT2D eigenvalue weighted by molar-refractivity contribution is 7.43. The maximum absolute atomic E-state index is 14.5. The van der Waals surface area contributed by atoms with E-state index in [1.807, 2.05) is 0 Å². The molecule has 1 unspecified atom stereocenters. The highest BCUT2D eigenvalue weighted by Gasteiger charge is 2.21. The Kier molecular flexibility index (Phi) is 7.60. The number of benzene rings is 1. The first-order valence-electron chi connectivity index (χ1n) is 10.8. The number of aromatic nitrogens is 2. The lowest BCUT2D eigenvalue weighted by molar-refractivity contribution is 0.280. The summed E-state index contributed by atoms with van der Waals surface area (Å²) in [4.78, 5) is 11.0. The second kappa shape index (κ2) is 10.8. The molecule has 0 spiro atoms. The Labute approximate surface area is 193 Å². The fraction of sp³-hybridized carbons (Fsp3) is 0.391. The van der Waals surface area contributed by atoms with Gasteiger partial charge in [0.2, 0.25) is 5.95 Å². The predicted octanol–water partition coefficient (Wildman–Crippen LogP) is 4.67. The van der Waals surface area contributed by atoms with Crippen LogP contribution in [0.4, 0.5) is 14.7 Å². The Morgan fingerprint density at radius 2 is 1.67 bits per heavy atom. The molecule has 2 aromatic rings. The Morgan fingerprint density at radius 1 is 1.00 bits per heavy atom. The van der Waals surface area contributed by atoms with Crippen LogP contribution in [0.1, 0.15) is 24.8 Å². The molecule has 1 saturated heterocycles. The lowest BCUT2D eigenvalue weighted by Gasteiger charge is -2.32. The fourth-order valence-corrected chi connectivity index (χ4v) is 4.97. The number of hydrogen-bond donors (Lipinski definition) is 1. The Morgan fingerprint density at radius 3 is 2.24 bits per heavy atom. The number of halogens is 2. The third kappa shape index (κ3) is 5.53. The van der Waals surface area contributed by atoms with E-state index in [1.54, 1.807) is 0 Å². The number of anilines is 1. The molecular formula is C23H27F2N4O3P. The van der Waals surface area contributed by atoms with Gasteiger partial charge in [-0.15, -0.1) is 0 Å². The quantitative estimate of drug-likeness (QED) is 0.556. The summed E-state index contributed by atoms with van der Waals surface area (Å²) in [5, 5.41) is 3.23. The maximum atomic E-state index is 14.5. The van der Waals surface area contributed by atoms with Gasteiger partial charge < -0.3 is 24.4 Å². The van der Waals surface area contributed by atoms with Crippen molar-refractivity contribution < 1.29 is 23.0 Å². The molecule has 1 fully saturated rings. The first kappa shape index (κ1) is 23.2. The van der Waals surface area contributed by atoms with E-state index in [4.69, 9.17) is 14.2 Å². The number of methoxy groups -OCH3 is 2. The van der Waals surface area contributed by atoms with E-state index in [0.29, 0.717) is 14.5 Å².